The van der Waals surface area contributed by atoms with E-state index in [1.807, 2.05) is 30.3 Å². The Bertz CT molecular complexity index is 1080. The predicted octanol–water partition coefficient (Wildman–Crippen LogP) is 1.10. The van der Waals surface area contributed by atoms with Crippen LogP contribution in [0.15, 0.2) is 45.7 Å². The van der Waals surface area contributed by atoms with E-state index in [0.29, 0.717) is 24.6 Å². The van der Waals surface area contributed by atoms with Crippen molar-refractivity contribution in [1.29, 1.82) is 0 Å². The van der Waals surface area contributed by atoms with Crippen molar-refractivity contribution in [3.63, 3.8) is 0 Å². The number of nitrogens with one attached hydrogen (secondary N) is 1. The van der Waals surface area contributed by atoms with Crippen molar-refractivity contribution >= 4 is 11.7 Å². The molecule has 0 spiro atoms. The Kier molecular flexibility index (Phi) is 5.09. The van der Waals surface area contributed by atoms with Crippen molar-refractivity contribution in [3.05, 3.63) is 58.6 Å². The maximum absolute atomic E-state index is 12.9. The third-order valence-corrected chi connectivity index (χ3v) is 4.77. The van der Waals surface area contributed by atoms with Crippen LogP contribution in [0.3, 0.4) is 0 Å². The predicted molar refractivity (Wildman–Crippen MR) is 101 cm³/mol. The van der Waals surface area contributed by atoms with E-state index in [1.54, 1.807) is 0 Å². The van der Waals surface area contributed by atoms with E-state index >= 15 is 0 Å². The Morgan fingerprint density at radius 3 is 2.90 bits per heavy atom. The largest absolute Gasteiger partial charge is 0.467 e. The summed E-state index contributed by atoms with van der Waals surface area (Å²) in [5, 5.41) is 20.7. The fraction of sp³-hybridized carbons (Fsp3) is 0.316. The molecule has 3 aromatic rings. The van der Waals surface area contributed by atoms with Gasteiger partial charge in [-0.15, -0.1) is 10.2 Å². The van der Waals surface area contributed by atoms with Gasteiger partial charge >= 0.3 is 5.97 Å². The standard InChI is InChI=1S/C19H19N5O5/c1-28-19(27)14-7-8-15-20-9-12(18(26)24(14)15)21-13(10-25)17-23-22-16(29-17)11-5-3-2-4-6-11/h2-6,9,13-14,21,25H,7-8,10H2,1H3/t13-,14+/m1/s1. The average molecular weight is 397 g/mol. The molecule has 3 heterocycles. The van der Waals surface area contributed by atoms with Crippen molar-refractivity contribution in [2.45, 2.75) is 24.9 Å². The molecule has 0 radical (unpaired) electrons. The molecule has 2 N–H and O–H groups in total. The van der Waals surface area contributed by atoms with Crippen LogP contribution in [0.4, 0.5) is 5.69 Å². The molecule has 2 atom stereocenters. The lowest BCUT2D eigenvalue weighted by molar-refractivity contribution is -0.144. The van der Waals surface area contributed by atoms with Crippen LogP contribution in [0.5, 0.6) is 0 Å². The molecule has 0 unspecified atom stereocenters. The number of ether oxygens (including phenoxy) is 1. The van der Waals surface area contributed by atoms with Gasteiger partial charge in [-0.2, -0.15) is 0 Å². The third-order valence-electron chi connectivity index (χ3n) is 4.77. The fourth-order valence-electron chi connectivity index (χ4n) is 3.31. The highest BCUT2D eigenvalue weighted by molar-refractivity contribution is 5.74. The topological polar surface area (TPSA) is 132 Å². The lowest BCUT2D eigenvalue weighted by Crippen LogP contribution is -2.32. The monoisotopic (exact) mass is 397 g/mol. The summed E-state index contributed by atoms with van der Waals surface area (Å²) in [5.41, 5.74) is 0.426. The number of carbonyl (C=O) groups excluding carboxylic acids is 1. The molecule has 4 rings (SSSR count). The zero-order chi connectivity index (χ0) is 20.4. The van der Waals surface area contributed by atoms with Crippen LogP contribution in [-0.4, -0.2) is 44.5 Å². The molecule has 1 aliphatic heterocycles. The first kappa shape index (κ1) is 18.8. The summed E-state index contributed by atoms with van der Waals surface area (Å²) >= 11 is 0. The maximum atomic E-state index is 12.9. The zero-order valence-electron chi connectivity index (χ0n) is 15.6. The highest BCUT2D eigenvalue weighted by Crippen LogP contribution is 2.26. The summed E-state index contributed by atoms with van der Waals surface area (Å²) in [4.78, 5) is 29.1. The number of fused-ring (bicyclic) bond motifs is 1. The van der Waals surface area contributed by atoms with Gasteiger partial charge in [-0.3, -0.25) is 9.36 Å². The van der Waals surface area contributed by atoms with Gasteiger partial charge in [-0.25, -0.2) is 9.78 Å². The molecular weight excluding hydrogens is 378 g/mol. The molecule has 0 bridgehead atoms. The Morgan fingerprint density at radius 2 is 2.17 bits per heavy atom. The van der Waals surface area contributed by atoms with Crippen LogP contribution in [0.1, 0.15) is 30.2 Å². The number of benzene rings is 1. The van der Waals surface area contributed by atoms with Crippen molar-refractivity contribution in [2.24, 2.45) is 0 Å². The van der Waals surface area contributed by atoms with Gasteiger partial charge in [0, 0.05) is 12.0 Å². The Hall–Kier alpha value is -3.53. The van der Waals surface area contributed by atoms with Crippen molar-refractivity contribution in [3.8, 4) is 11.5 Å². The second-order valence-corrected chi connectivity index (χ2v) is 6.53. The van der Waals surface area contributed by atoms with Crippen molar-refractivity contribution < 1.29 is 19.1 Å². The molecule has 0 amide bonds. The number of rotatable bonds is 6. The first-order valence-electron chi connectivity index (χ1n) is 9.06. The van der Waals surface area contributed by atoms with Gasteiger partial charge in [0.05, 0.1) is 19.9 Å². The number of methoxy groups -OCH3 is 1. The van der Waals surface area contributed by atoms with Crippen molar-refractivity contribution in [2.75, 3.05) is 19.0 Å². The summed E-state index contributed by atoms with van der Waals surface area (Å²) in [7, 11) is 1.28. The molecule has 1 aliphatic rings. The summed E-state index contributed by atoms with van der Waals surface area (Å²) in [6, 6.07) is 7.68. The molecule has 29 heavy (non-hydrogen) atoms. The van der Waals surface area contributed by atoms with Crippen LogP contribution in [-0.2, 0) is 16.0 Å². The number of carbonyl (C=O) groups is 1. The van der Waals surface area contributed by atoms with E-state index in [-0.39, 0.29) is 11.6 Å². The number of aliphatic hydroxyl groups is 1. The van der Waals surface area contributed by atoms with Gasteiger partial charge in [0.25, 0.3) is 5.56 Å². The smallest absolute Gasteiger partial charge is 0.329 e. The summed E-state index contributed by atoms with van der Waals surface area (Å²) in [5.74, 6) is 0.449. The van der Waals surface area contributed by atoms with E-state index in [4.69, 9.17) is 9.15 Å². The second kappa shape index (κ2) is 7.84. The molecule has 0 fully saturated rings. The SMILES string of the molecule is COC(=O)[C@@H]1CCc2ncc(N[C@H](CO)c3nnc(-c4ccccc4)o3)c(=O)n21. The molecule has 1 aromatic carbocycles. The van der Waals surface area contributed by atoms with Gasteiger partial charge in [0.15, 0.2) is 0 Å². The Morgan fingerprint density at radius 1 is 1.38 bits per heavy atom. The van der Waals surface area contributed by atoms with Gasteiger partial charge < -0.3 is 19.6 Å². The molecular formula is C19H19N5O5. The van der Waals surface area contributed by atoms with Gasteiger partial charge in [-0.1, -0.05) is 18.2 Å². The van der Waals surface area contributed by atoms with E-state index in [9.17, 15) is 14.7 Å². The van der Waals surface area contributed by atoms with Gasteiger partial charge in [0.2, 0.25) is 11.8 Å². The highest BCUT2D eigenvalue weighted by atomic mass is 16.5. The molecule has 150 valence electrons. The highest BCUT2D eigenvalue weighted by Gasteiger charge is 2.32. The second-order valence-electron chi connectivity index (χ2n) is 6.53. The van der Waals surface area contributed by atoms with Crippen LogP contribution in [0.2, 0.25) is 0 Å². The minimum Gasteiger partial charge on any atom is -0.467 e. The molecule has 0 saturated carbocycles. The molecule has 0 aliphatic carbocycles. The number of anilines is 1. The fourth-order valence-corrected chi connectivity index (χ4v) is 3.31. The van der Waals surface area contributed by atoms with Crippen LogP contribution in [0.25, 0.3) is 11.5 Å². The van der Waals surface area contributed by atoms with E-state index in [1.165, 1.54) is 17.9 Å². The Labute approximate surface area is 165 Å². The van der Waals surface area contributed by atoms with Gasteiger partial charge in [0.1, 0.15) is 23.6 Å². The molecule has 0 saturated heterocycles. The third kappa shape index (κ3) is 3.49. The summed E-state index contributed by atoms with van der Waals surface area (Å²) < 4.78 is 11.8. The van der Waals surface area contributed by atoms with E-state index < -0.39 is 30.2 Å². The minimum absolute atomic E-state index is 0.114. The first-order chi connectivity index (χ1) is 14.1. The van der Waals surface area contributed by atoms with Crippen LogP contribution < -0.4 is 10.9 Å². The number of esters is 1. The van der Waals surface area contributed by atoms with Crippen LogP contribution in [0, 0.1) is 0 Å². The quantitative estimate of drug-likeness (QED) is 0.587. The van der Waals surface area contributed by atoms with E-state index in [0.717, 1.165) is 5.56 Å². The molecule has 2 aromatic heterocycles. The lowest BCUT2D eigenvalue weighted by atomic mass is 10.2. The number of hydrogen-bond acceptors (Lipinski definition) is 9. The number of aryl methyl sites for hydroxylation is 1. The van der Waals surface area contributed by atoms with Crippen LogP contribution >= 0.6 is 0 Å². The lowest BCUT2D eigenvalue weighted by Gasteiger charge is -2.16. The molecule has 10 heteroatoms. The number of aromatic nitrogens is 4. The number of hydrogen-bond donors (Lipinski definition) is 2. The summed E-state index contributed by atoms with van der Waals surface area (Å²) in [6.07, 6.45) is 2.33. The Balaban J connectivity index is 1.61. The number of aliphatic hydroxyl groups excluding tert-OH is 1. The average Bonchev–Trinajstić information content (AvgIpc) is 3.41. The normalized spacial score (nSPS) is 16.3. The zero-order valence-corrected chi connectivity index (χ0v) is 15.6. The molecule has 10 nitrogen and oxygen atoms in total. The summed E-state index contributed by atoms with van der Waals surface area (Å²) in [6.45, 7) is -0.391. The van der Waals surface area contributed by atoms with Crippen molar-refractivity contribution in [1.82, 2.24) is 19.7 Å². The van der Waals surface area contributed by atoms with E-state index in [2.05, 4.69) is 20.5 Å². The van der Waals surface area contributed by atoms with Gasteiger partial charge in [-0.05, 0) is 18.6 Å². The first-order valence-corrected chi connectivity index (χ1v) is 9.06. The minimum atomic E-state index is -0.814. The maximum Gasteiger partial charge on any atom is 0.329 e. The number of nitrogens with zero attached hydrogens (tertiary/aromatic N) is 4.